The number of carbonyl (C=O) groups excluding carboxylic acids is 2. The lowest BCUT2D eigenvalue weighted by molar-refractivity contribution is -0.136. The zero-order chi connectivity index (χ0) is 41.1. The van der Waals surface area contributed by atoms with Crippen LogP contribution in [0.4, 0.5) is 11.9 Å². The molecule has 0 spiro atoms. The molecule has 60 heavy (non-hydrogen) atoms. The molecule has 2 aromatic carbocycles. The number of imidazole rings is 2. The predicted molar refractivity (Wildman–Crippen MR) is 228 cm³/mol. The molecule has 4 N–H and O–H groups in total. The molecule has 2 saturated carbocycles. The highest BCUT2D eigenvalue weighted by atomic mass is 16.2. The molecule has 0 bridgehead atoms. The second-order valence-corrected chi connectivity index (χ2v) is 17.5. The number of likely N-dealkylation sites (tertiary alicyclic amines) is 2. The molecule has 2 saturated heterocycles. The number of carbonyl (C=O) groups is 2. The van der Waals surface area contributed by atoms with Crippen molar-refractivity contribution >= 4 is 23.7 Å². The van der Waals surface area contributed by atoms with Gasteiger partial charge in [0, 0.05) is 36.9 Å². The van der Waals surface area contributed by atoms with E-state index in [4.69, 9.17) is 9.97 Å². The number of fused-ring (bicyclic) bond motifs is 2. The third-order valence-electron chi connectivity index (χ3n) is 12.8. The zero-order valence-corrected chi connectivity index (χ0v) is 34.2. The van der Waals surface area contributed by atoms with Gasteiger partial charge in [0.15, 0.2) is 0 Å². The van der Waals surface area contributed by atoms with Gasteiger partial charge in [-0.25, -0.2) is 29.9 Å². The standard InChI is InChI=1S/C46H50N12O2/c1-25(2)39(55-45-47-15-5-16-48-45)43(59)57-35-19-31(35)21-37(57)41-51-23-33(53-41)29-11-7-27(8-12-29)28-9-13-30(14-10-28)34-24-52-42(54-34)38-22-32-20-36(32)58(38)44(60)40(26(3)4)56-46-49-17-6-18-50-46/h5-18,23-26,31-32,35-40H,19-22H2,1-4H3,(H,51,53)(H,52,54)(H,47,48,55)(H,49,50,56)/t31-,32-,35-,36-,37?,38?,39+,40+/m1/s1. The molecule has 2 aliphatic heterocycles. The average Bonchev–Trinajstić information content (AvgIpc) is 3.85. The number of benzene rings is 2. The molecule has 4 aromatic heterocycles. The van der Waals surface area contributed by atoms with Crippen molar-refractivity contribution in [2.75, 3.05) is 10.6 Å². The Labute approximate surface area is 349 Å². The third-order valence-corrected chi connectivity index (χ3v) is 12.8. The Balaban J connectivity index is 0.803. The van der Waals surface area contributed by atoms with Gasteiger partial charge in [-0.3, -0.25) is 9.59 Å². The fourth-order valence-electron chi connectivity index (χ4n) is 9.40. The first kappa shape index (κ1) is 37.8. The minimum absolute atomic E-state index is 0.0557. The lowest BCUT2D eigenvalue weighted by Gasteiger charge is -2.32. The summed E-state index contributed by atoms with van der Waals surface area (Å²) in [5.74, 6) is 3.84. The Morgan fingerprint density at radius 2 is 0.917 bits per heavy atom. The largest absolute Gasteiger partial charge is 0.342 e. The summed E-state index contributed by atoms with van der Waals surface area (Å²) in [5.41, 5.74) is 6.12. The first-order valence-electron chi connectivity index (χ1n) is 21.2. The third kappa shape index (κ3) is 7.17. The number of nitrogens with one attached hydrogen (secondary N) is 4. The quantitative estimate of drug-likeness (QED) is 0.0928. The van der Waals surface area contributed by atoms with Gasteiger partial charge >= 0.3 is 0 Å². The molecule has 2 aliphatic carbocycles. The van der Waals surface area contributed by atoms with Gasteiger partial charge in [-0.05, 0) is 83.7 Å². The van der Waals surface area contributed by atoms with Gasteiger partial charge in [0.1, 0.15) is 23.7 Å². The maximum Gasteiger partial charge on any atom is 0.246 e. The Bertz CT molecular complexity index is 2290. The maximum atomic E-state index is 14.1. The highest BCUT2D eigenvalue weighted by molar-refractivity contribution is 5.87. The Morgan fingerprint density at radius 3 is 1.28 bits per heavy atom. The molecule has 8 atom stereocenters. The molecule has 2 amide bonds. The number of hydrogen-bond donors (Lipinski definition) is 4. The summed E-state index contributed by atoms with van der Waals surface area (Å²) in [7, 11) is 0. The topological polar surface area (TPSA) is 174 Å². The van der Waals surface area contributed by atoms with Crippen molar-refractivity contribution < 1.29 is 9.59 Å². The van der Waals surface area contributed by atoms with Gasteiger partial charge in [-0.2, -0.15) is 0 Å². The molecule has 6 heterocycles. The number of hydrogen-bond acceptors (Lipinski definition) is 10. The summed E-state index contributed by atoms with van der Waals surface area (Å²) in [5, 5.41) is 6.59. The van der Waals surface area contributed by atoms with E-state index in [2.05, 4.69) is 98.9 Å². The van der Waals surface area contributed by atoms with Crippen LogP contribution >= 0.6 is 0 Å². The molecule has 0 radical (unpaired) electrons. The molecule has 10 rings (SSSR count). The highest BCUT2D eigenvalue weighted by Crippen LogP contribution is 2.54. The number of aromatic amines is 2. The van der Waals surface area contributed by atoms with Crippen LogP contribution in [-0.4, -0.2) is 85.7 Å². The van der Waals surface area contributed by atoms with Crippen LogP contribution in [0.15, 0.2) is 97.8 Å². The van der Waals surface area contributed by atoms with E-state index in [0.717, 1.165) is 71.0 Å². The smallest absolute Gasteiger partial charge is 0.246 e. The van der Waals surface area contributed by atoms with Crippen molar-refractivity contribution in [3.05, 3.63) is 109 Å². The van der Waals surface area contributed by atoms with E-state index in [1.54, 1.807) is 36.9 Å². The number of aromatic nitrogens is 8. The molecular weight excluding hydrogens is 753 g/mol. The van der Waals surface area contributed by atoms with Crippen molar-refractivity contribution in [3.63, 3.8) is 0 Å². The van der Waals surface area contributed by atoms with Crippen molar-refractivity contribution in [1.29, 1.82) is 0 Å². The van der Waals surface area contributed by atoms with Crippen LogP contribution in [0.5, 0.6) is 0 Å². The van der Waals surface area contributed by atoms with E-state index in [1.165, 1.54) is 0 Å². The van der Waals surface area contributed by atoms with Gasteiger partial charge in [0.05, 0.1) is 35.9 Å². The first-order chi connectivity index (χ1) is 29.2. The number of piperidine rings is 2. The Hall–Kier alpha value is -6.44. The lowest BCUT2D eigenvalue weighted by Crippen LogP contribution is -2.47. The summed E-state index contributed by atoms with van der Waals surface area (Å²) >= 11 is 0. The average molecular weight is 803 g/mol. The summed E-state index contributed by atoms with van der Waals surface area (Å²) in [6.07, 6.45) is 14.4. The van der Waals surface area contributed by atoms with E-state index in [-0.39, 0.29) is 47.8 Å². The molecular formula is C46H50N12O2. The molecule has 2 unspecified atom stereocenters. The highest BCUT2D eigenvalue weighted by Gasteiger charge is 2.57. The minimum Gasteiger partial charge on any atom is -0.342 e. The summed E-state index contributed by atoms with van der Waals surface area (Å²) in [4.78, 5) is 66.3. The van der Waals surface area contributed by atoms with Crippen molar-refractivity contribution in [2.45, 2.75) is 89.6 Å². The first-order valence-corrected chi connectivity index (χ1v) is 21.2. The number of amides is 2. The number of rotatable bonds is 13. The number of nitrogens with zero attached hydrogens (tertiary/aromatic N) is 8. The molecule has 14 heteroatoms. The maximum absolute atomic E-state index is 14.1. The molecule has 6 aromatic rings. The second-order valence-electron chi connectivity index (χ2n) is 17.5. The van der Waals surface area contributed by atoms with Gasteiger partial charge in [-0.1, -0.05) is 76.2 Å². The fraction of sp³-hybridized carbons (Fsp3) is 0.391. The predicted octanol–water partition coefficient (Wildman–Crippen LogP) is 7.31. The van der Waals surface area contributed by atoms with Crippen LogP contribution in [0.2, 0.25) is 0 Å². The van der Waals surface area contributed by atoms with Crippen molar-refractivity contribution in [3.8, 4) is 33.6 Å². The second kappa shape index (κ2) is 15.3. The van der Waals surface area contributed by atoms with E-state index in [0.29, 0.717) is 23.7 Å². The molecule has 306 valence electrons. The minimum atomic E-state index is -0.435. The van der Waals surface area contributed by atoms with Crippen molar-refractivity contribution in [2.24, 2.45) is 23.7 Å². The molecule has 4 aliphatic rings. The molecule has 14 nitrogen and oxygen atoms in total. The monoisotopic (exact) mass is 802 g/mol. The van der Waals surface area contributed by atoms with Crippen LogP contribution in [0, 0.1) is 23.7 Å². The van der Waals surface area contributed by atoms with Crippen LogP contribution in [0.3, 0.4) is 0 Å². The van der Waals surface area contributed by atoms with Crippen LogP contribution in [0.1, 0.15) is 77.1 Å². The van der Waals surface area contributed by atoms with Gasteiger partial charge in [0.25, 0.3) is 0 Å². The van der Waals surface area contributed by atoms with E-state index < -0.39 is 12.1 Å². The zero-order valence-electron chi connectivity index (χ0n) is 34.2. The van der Waals surface area contributed by atoms with E-state index >= 15 is 0 Å². The Kier molecular flexibility index (Phi) is 9.64. The van der Waals surface area contributed by atoms with E-state index in [1.807, 2.05) is 40.1 Å². The van der Waals surface area contributed by atoms with Crippen molar-refractivity contribution in [1.82, 2.24) is 49.7 Å². The van der Waals surface area contributed by atoms with Gasteiger partial charge in [-0.15, -0.1) is 0 Å². The summed E-state index contributed by atoms with van der Waals surface area (Å²) < 4.78 is 0. The summed E-state index contributed by atoms with van der Waals surface area (Å²) in [6.45, 7) is 8.20. The van der Waals surface area contributed by atoms with E-state index in [9.17, 15) is 9.59 Å². The summed E-state index contributed by atoms with van der Waals surface area (Å²) in [6, 6.07) is 19.9. The van der Waals surface area contributed by atoms with Crippen LogP contribution in [0.25, 0.3) is 33.6 Å². The fourth-order valence-corrected chi connectivity index (χ4v) is 9.40. The Morgan fingerprint density at radius 1 is 0.550 bits per heavy atom. The number of anilines is 2. The van der Waals surface area contributed by atoms with Gasteiger partial charge in [0.2, 0.25) is 23.7 Å². The normalized spacial score (nSPS) is 23.6. The van der Waals surface area contributed by atoms with Crippen LogP contribution < -0.4 is 10.6 Å². The lowest BCUT2D eigenvalue weighted by atomic mass is 10.0. The SMILES string of the molecule is CC(C)[C@H](Nc1ncccn1)C(=O)N1C(c2ncc(-c3ccc(-c4ccc(-c5cnc(C6C[C@H]7C[C@H]7N6C(=O)[C@@H](Nc6ncccn6)C(C)C)[nH]5)cc4)cc3)[nH]2)C[C@H]2C[C@H]21. The number of H-pyrrole nitrogens is 2. The van der Waals surface area contributed by atoms with Crippen LogP contribution in [-0.2, 0) is 9.59 Å². The molecule has 4 fully saturated rings. The van der Waals surface area contributed by atoms with Gasteiger partial charge < -0.3 is 30.4 Å².